The van der Waals surface area contributed by atoms with E-state index in [-0.39, 0.29) is 42.8 Å². The first-order valence-electron chi connectivity index (χ1n) is 10.6. The summed E-state index contributed by atoms with van der Waals surface area (Å²) >= 11 is 0. The number of allylic oxidation sites excluding steroid dienone is 3. The van der Waals surface area contributed by atoms with E-state index in [1.165, 1.54) is 4.90 Å². The second-order valence-corrected chi connectivity index (χ2v) is 7.69. The highest BCUT2D eigenvalue weighted by molar-refractivity contribution is 5.89. The van der Waals surface area contributed by atoms with Crippen molar-refractivity contribution in [2.45, 2.75) is 38.1 Å². The van der Waals surface area contributed by atoms with Gasteiger partial charge < -0.3 is 25.6 Å². The van der Waals surface area contributed by atoms with Crippen molar-refractivity contribution in [1.29, 1.82) is 0 Å². The van der Waals surface area contributed by atoms with Gasteiger partial charge in [0.1, 0.15) is 12.4 Å². The van der Waals surface area contributed by atoms with Crippen LogP contribution in [-0.2, 0) is 19.1 Å². The SMILES string of the molecule is C=C/C1=C(\C=C)OCCNC(C2CC2)C(=O)N(C)CC(=O)NCC(=O)NCCCC1. The van der Waals surface area contributed by atoms with Gasteiger partial charge in [0, 0.05) is 20.1 Å². The molecule has 166 valence electrons. The average molecular weight is 419 g/mol. The predicted octanol–water partition coefficient (Wildman–Crippen LogP) is 0.872. The second kappa shape index (κ2) is 12.2. The van der Waals surface area contributed by atoms with Crippen LogP contribution in [0.4, 0.5) is 0 Å². The Balaban J connectivity index is 2.06. The fourth-order valence-corrected chi connectivity index (χ4v) is 3.37. The van der Waals surface area contributed by atoms with Crippen molar-refractivity contribution in [3.8, 4) is 0 Å². The molecule has 2 aliphatic rings. The first-order valence-corrected chi connectivity index (χ1v) is 10.6. The minimum Gasteiger partial charge on any atom is -0.492 e. The topological polar surface area (TPSA) is 99.8 Å². The number of hydrogen-bond acceptors (Lipinski definition) is 5. The fraction of sp³-hybridized carbons (Fsp3) is 0.591. The molecule has 0 radical (unpaired) electrons. The molecule has 1 atom stereocenters. The zero-order chi connectivity index (χ0) is 21.9. The summed E-state index contributed by atoms with van der Waals surface area (Å²) in [4.78, 5) is 38.2. The van der Waals surface area contributed by atoms with Gasteiger partial charge in [-0.25, -0.2) is 0 Å². The Morgan fingerprint density at radius 2 is 1.80 bits per heavy atom. The summed E-state index contributed by atoms with van der Waals surface area (Å²) in [5.41, 5.74) is 0.969. The zero-order valence-corrected chi connectivity index (χ0v) is 17.9. The van der Waals surface area contributed by atoms with Gasteiger partial charge in [-0.15, -0.1) is 0 Å². The third kappa shape index (κ3) is 7.67. The van der Waals surface area contributed by atoms with Crippen molar-refractivity contribution in [2.24, 2.45) is 5.92 Å². The van der Waals surface area contributed by atoms with E-state index in [0.29, 0.717) is 25.5 Å². The molecule has 0 aromatic carbocycles. The molecule has 0 spiro atoms. The summed E-state index contributed by atoms with van der Waals surface area (Å²) in [6.07, 6.45) is 7.84. The maximum Gasteiger partial charge on any atom is 0.240 e. The van der Waals surface area contributed by atoms with E-state index < -0.39 is 0 Å². The van der Waals surface area contributed by atoms with E-state index >= 15 is 0 Å². The van der Waals surface area contributed by atoms with Crippen molar-refractivity contribution < 1.29 is 19.1 Å². The maximum atomic E-state index is 12.8. The maximum absolute atomic E-state index is 12.8. The molecular formula is C22H34N4O4. The monoisotopic (exact) mass is 418 g/mol. The second-order valence-electron chi connectivity index (χ2n) is 7.69. The molecule has 1 aliphatic carbocycles. The molecule has 0 aromatic rings. The smallest absolute Gasteiger partial charge is 0.240 e. The molecule has 1 unspecified atom stereocenters. The zero-order valence-electron chi connectivity index (χ0n) is 17.9. The van der Waals surface area contributed by atoms with Crippen LogP contribution >= 0.6 is 0 Å². The standard InChI is InChI=1S/C22H34N4O4/c1-4-16-8-6-7-11-23-19(27)14-25-20(28)15-26(3)22(29)21(17-9-10-17)24-12-13-30-18(16)5-2/h4-5,17,21,24H,1-2,6-15H2,3H3,(H,23,27)(H,25,28)/b18-16-. The number of likely N-dealkylation sites (N-methyl/N-ethyl adjacent to an activating group) is 1. The normalized spacial score (nSPS) is 26.4. The molecule has 3 N–H and O–H groups in total. The number of hydrogen-bond donors (Lipinski definition) is 3. The lowest BCUT2D eigenvalue weighted by atomic mass is 10.1. The first kappa shape index (κ1) is 23.7. The van der Waals surface area contributed by atoms with Gasteiger partial charge >= 0.3 is 0 Å². The molecule has 8 nitrogen and oxygen atoms in total. The lowest BCUT2D eigenvalue weighted by molar-refractivity contribution is -0.137. The van der Waals surface area contributed by atoms with Crippen LogP contribution in [0.25, 0.3) is 0 Å². The van der Waals surface area contributed by atoms with Crippen molar-refractivity contribution in [3.63, 3.8) is 0 Å². The average Bonchev–Trinajstić information content (AvgIpc) is 3.56. The van der Waals surface area contributed by atoms with E-state index in [4.69, 9.17) is 4.74 Å². The molecule has 1 heterocycles. The van der Waals surface area contributed by atoms with Gasteiger partial charge in [0.15, 0.2) is 0 Å². The number of amides is 3. The summed E-state index contributed by atoms with van der Waals surface area (Å²) in [6.45, 7) is 8.94. The van der Waals surface area contributed by atoms with Crippen LogP contribution in [0.2, 0.25) is 0 Å². The van der Waals surface area contributed by atoms with Crippen molar-refractivity contribution >= 4 is 17.7 Å². The Morgan fingerprint density at radius 1 is 1.03 bits per heavy atom. The van der Waals surface area contributed by atoms with E-state index in [9.17, 15) is 14.4 Å². The summed E-state index contributed by atoms with van der Waals surface area (Å²) in [6, 6.07) is -0.341. The van der Waals surface area contributed by atoms with Gasteiger partial charge in [-0.3, -0.25) is 14.4 Å². The molecule has 0 bridgehead atoms. The molecule has 3 amide bonds. The van der Waals surface area contributed by atoms with Gasteiger partial charge in [0.05, 0.1) is 19.1 Å². The van der Waals surface area contributed by atoms with Crippen LogP contribution in [0.3, 0.4) is 0 Å². The highest BCUT2D eigenvalue weighted by atomic mass is 16.5. The summed E-state index contributed by atoms with van der Waals surface area (Å²) in [5.74, 6) is 0.243. The van der Waals surface area contributed by atoms with E-state index in [1.807, 2.05) is 0 Å². The van der Waals surface area contributed by atoms with Gasteiger partial charge in [0.2, 0.25) is 17.7 Å². The number of nitrogens with one attached hydrogen (secondary N) is 3. The van der Waals surface area contributed by atoms with E-state index in [0.717, 1.165) is 37.7 Å². The quantitative estimate of drug-likeness (QED) is 0.632. The molecule has 1 fully saturated rings. The lowest BCUT2D eigenvalue weighted by Gasteiger charge is -2.24. The van der Waals surface area contributed by atoms with Gasteiger partial charge in [-0.1, -0.05) is 19.2 Å². The third-order valence-corrected chi connectivity index (χ3v) is 5.23. The summed E-state index contributed by atoms with van der Waals surface area (Å²) in [7, 11) is 1.60. The Bertz CT molecular complexity index is 685. The highest BCUT2D eigenvalue weighted by Gasteiger charge is 2.37. The molecule has 1 saturated carbocycles. The molecule has 2 rings (SSSR count). The number of nitrogens with zero attached hydrogens (tertiary/aromatic N) is 1. The highest BCUT2D eigenvalue weighted by Crippen LogP contribution is 2.33. The number of rotatable bonds is 3. The Kier molecular flexibility index (Phi) is 9.60. The van der Waals surface area contributed by atoms with Crippen LogP contribution in [0, 0.1) is 5.92 Å². The molecule has 1 aliphatic heterocycles. The van der Waals surface area contributed by atoms with Crippen molar-refractivity contribution in [1.82, 2.24) is 20.9 Å². The van der Waals surface area contributed by atoms with Crippen LogP contribution in [0.15, 0.2) is 36.6 Å². The van der Waals surface area contributed by atoms with E-state index in [2.05, 4.69) is 29.1 Å². The van der Waals surface area contributed by atoms with Crippen LogP contribution < -0.4 is 16.0 Å². The minimum atomic E-state index is -0.354. The Hall–Kier alpha value is -2.61. The van der Waals surface area contributed by atoms with Crippen LogP contribution in [0.1, 0.15) is 32.1 Å². The molecule has 0 aromatic heterocycles. The minimum absolute atomic E-state index is 0.0838. The molecule has 30 heavy (non-hydrogen) atoms. The number of carbonyl (C=O) groups excluding carboxylic acids is 3. The summed E-state index contributed by atoms with van der Waals surface area (Å²) < 4.78 is 5.87. The largest absolute Gasteiger partial charge is 0.492 e. The van der Waals surface area contributed by atoms with Crippen molar-refractivity contribution in [2.75, 3.05) is 39.8 Å². The summed E-state index contributed by atoms with van der Waals surface area (Å²) in [5, 5.41) is 8.64. The molecule has 0 saturated heterocycles. The van der Waals surface area contributed by atoms with Gasteiger partial charge in [0.25, 0.3) is 0 Å². The molecular weight excluding hydrogens is 384 g/mol. The first-order chi connectivity index (χ1) is 14.5. The Morgan fingerprint density at radius 3 is 2.47 bits per heavy atom. The fourth-order valence-electron chi connectivity index (χ4n) is 3.37. The lowest BCUT2D eigenvalue weighted by Crippen LogP contribution is -2.50. The van der Waals surface area contributed by atoms with E-state index in [1.54, 1.807) is 19.2 Å². The van der Waals surface area contributed by atoms with Crippen LogP contribution in [0.5, 0.6) is 0 Å². The Labute approximate surface area is 178 Å². The predicted molar refractivity (Wildman–Crippen MR) is 115 cm³/mol. The number of carbonyl (C=O) groups is 3. The van der Waals surface area contributed by atoms with Crippen molar-refractivity contribution in [3.05, 3.63) is 36.6 Å². The van der Waals surface area contributed by atoms with Gasteiger partial charge in [-0.05, 0) is 49.7 Å². The molecule has 8 heteroatoms. The third-order valence-electron chi connectivity index (χ3n) is 5.23. The van der Waals surface area contributed by atoms with Crippen LogP contribution in [-0.4, -0.2) is 68.5 Å². The number of ether oxygens (including phenoxy) is 1. The van der Waals surface area contributed by atoms with Gasteiger partial charge in [-0.2, -0.15) is 0 Å².